The smallest absolute Gasteiger partial charge is 0.337 e. The van der Waals surface area contributed by atoms with Crippen LogP contribution in [0.4, 0.5) is 0 Å². The normalized spacial score (nSPS) is 11.6. The molecular weight excluding hydrogens is 344 g/mol. The summed E-state index contributed by atoms with van der Waals surface area (Å²) in [6.45, 7) is 1.84. The second kappa shape index (κ2) is 6.94. The number of imidazole rings is 1. The Morgan fingerprint density at radius 2 is 2.16 bits per heavy atom. The van der Waals surface area contributed by atoms with Crippen LogP contribution in [0.2, 0.25) is 0 Å². The Morgan fingerprint density at radius 1 is 1.48 bits per heavy atom. The van der Waals surface area contributed by atoms with Crippen LogP contribution >= 0.6 is 0 Å². The Hall–Kier alpha value is -2.86. The highest BCUT2D eigenvalue weighted by atomic mass is 32.2. The monoisotopic (exact) mass is 362 g/mol. The van der Waals surface area contributed by atoms with Crippen molar-refractivity contribution in [2.75, 3.05) is 21.2 Å². The summed E-state index contributed by atoms with van der Waals surface area (Å²) in [6.07, 6.45) is 6.55. The quantitative estimate of drug-likeness (QED) is 0.341. The minimum Gasteiger partial charge on any atom is -0.465 e. The molecule has 2 aromatic rings. The van der Waals surface area contributed by atoms with E-state index in [1.165, 1.54) is 30.5 Å². The summed E-state index contributed by atoms with van der Waals surface area (Å²) in [6, 6.07) is 2.69. The molecule has 0 atom stereocenters. The van der Waals surface area contributed by atoms with Gasteiger partial charge in [-0.25, -0.2) is 9.78 Å². The summed E-state index contributed by atoms with van der Waals surface area (Å²) in [5.41, 5.74) is 0.701. The minimum absolute atomic E-state index is 0.0685. The highest BCUT2D eigenvalue weighted by molar-refractivity contribution is 7.90. The molecule has 0 amide bonds. The number of aryl methyl sites for hydroxylation is 1. The molecule has 0 N–H and O–H groups in total. The lowest BCUT2D eigenvalue weighted by Crippen LogP contribution is -2.12. The van der Waals surface area contributed by atoms with Gasteiger partial charge in [-0.15, -0.1) is 10.8 Å². The number of sulfonamides is 1. The first-order valence-electron chi connectivity index (χ1n) is 7.20. The van der Waals surface area contributed by atoms with Gasteiger partial charge in [0.1, 0.15) is 17.1 Å². The van der Waals surface area contributed by atoms with Crippen molar-refractivity contribution in [3.63, 3.8) is 0 Å². The number of aromatic nitrogens is 2. The van der Waals surface area contributed by atoms with Gasteiger partial charge in [-0.1, -0.05) is 5.92 Å². The van der Waals surface area contributed by atoms with Gasteiger partial charge in [0.2, 0.25) is 0 Å². The molecule has 132 valence electrons. The van der Waals surface area contributed by atoms with E-state index in [0.717, 1.165) is 0 Å². The summed E-state index contributed by atoms with van der Waals surface area (Å²) in [7, 11) is 0.422. The van der Waals surface area contributed by atoms with Gasteiger partial charge in [-0.3, -0.25) is 0 Å². The zero-order valence-corrected chi connectivity index (χ0v) is 15.2. The van der Waals surface area contributed by atoms with E-state index in [-0.39, 0.29) is 17.0 Å². The maximum atomic E-state index is 12.7. The number of carbonyl (C=O) groups is 1. The van der Waals surface area contributed by atoms with Gasteiger partial charge < -0.3 is 14.2 Å². The summed E-state index contributed by atoms with van der Waals surface area (Å²) in [5, 5.41) is 0. The lowest BCUT2D eigenvalue weighted by atomic mass is 10.2. The van der Waals surface area contributed by atoms with Crippen LogP contribution in [0.5, 0.6) is 0 Å². The molecule has 8 nitrogen and oxygen atoms in total. The third kappa shape index (κ3) is 3.64. The van der Waals surface area contributed by atoms with Gasteiger partial charge in [0, 0.05) is 14.1 Å². The van der Waals surface area contributed by atoms with Crippen LogP contribution in [0.3, 0.4) is 0 Å². The molecule has 1 aromatic carbocycles. The van der Waals surface area contributed by atoms with Gasteiger partial charge in [0.25, 0.3) is 10.0 Å². The Labute approximate surface area is 146 Å². The van der Waals surface area contributed by atoms with Crippen molar-refractivity contribution in [2.24, 2.45) is 4.40 Å². The van der Waals surface area contributed by atoms with Crippen LogP contribution in [0, 0.1) is 19.3 Å². The molecule has 1 aromatic heterocycles. The summed E-state index contributed by atoms with van der Waals surface area (Å²) in [4.78, 5) is 17.5. The molecular formula is C16H18N4O4S. The second-order valence-corrected chi connectivity index (χ2v) is 7.04. The molecule has 25 heavy (non-hydrogen) atoms. The molecule has 2 rings (SSSR count). The molecule has 0 saturated carbocycles. The fourth-order valence-corrected chi connectivity index (χ4v) is 3.44. The molecule has 0 aliphatic carbocycles. The number of rotatable bonds is 5. The average Bonchev–Trinajstić information content (AvgIpc) is 2.87. The molecule has 1 heterocycles. The third-order valence-electron chi connectivity index (χ3n) is 3.36. The van der Waals surface area contributed by atoms with E-state index in [4.69, 9.17) is 6.42 Å². The van der Waals surface area contributed by atoms with Crippen molar-refractivity contribution in [3.05, 3.63) is 23.5 Å². The lowest BCUT2D eigenvalue weighted by Gasteiger charge is -2.09. The van der Waals surface area contributed by atoms with Crippen molar-refractivity contribution < 1.29 is 17.9 Å². The van der Waals surface area contributed by atoms with E-state index in [2.05, 4.69) is 20.0 Å². The molecule has 0 spiro atoms. The van der Waals surface area contributed by atoms with Gasteiger partial charge in [-0.2, -0.15) is 8.42 Å². The van der Waals surface area contributed by atoms with Crippen molar-refractivity contribution in [1.82, 2.24) is 14.5 Å². The molecule has 0 saturated heterocycles. The van der Waals surface area contributed by atoms with Crippen LogP contribution in [-0.4, -0.2) is 56.4 Å². The third-order valence-corrected chi connectivity index (χ3v) is 4.60. The van der Waals surface area contributed by atoms with Crippen LogP contribution in [0.25, 0.3) is 11.0 Å². The average molecular weight is 362 g/mol. The number of benzene rings is 1. The summed E-state index contributed by atoms with van der Waals surface area (Å²) in [5.74, 6) is 2.33. The Morgan fingerprint density at radius 3 is 2.72 bits per heavy atom. The van der Waals surface area contributed by atoms with Crippen LogP contribution < -0.4 is 0 Å². The van der Waals surface area contributed by atoms with E-state index >= 15 is 0 Å². The topological polar surface area (TPSA) is 93.9 Å². The molecule has 0 bridgehead atoms. The van der Waals surface area contributed by atoms with Gasteiger partial charge in [0.05, 0.1) is 30.3 Å². The molecule has 0 radical (unpaired) electrons. The maximum Gasteiger partial charge on any atom is 0.337 e. The maximum absolute atomic E-state index is 12.7. The molecule has 0 aliphatic heterocycles. The number of hydrogen-bond donors (Lipinski definition) is 0. The predicted molar refractivity (Wildman–Crippen MR) is 94.0 cm³/mol. The van der Waals surface area contributed by atoms with E-state index in [9.17, 15) is 13.2 Å². The Bertz CT molecular complexity index is 997. The number of hydrogen-bond acceptors (Lipinski definition) is 5. The van der Waals surface area contributed by atoms with Gasteiger partial charge >= 0.3 is 5.97 Å². The van der Waals surface area contributed by atoms with E-state index in [1.807, 2.05) is 0 Å². The highest BCUT2D eigenvalue weighted by Gasteiger charge is 2.24. The number of carbonyl (C=O) groups excluding carboxylic acids is 1. The predicted octanol–water partition coefficient (Wildman–Crippen LogP) is 1.04. The molecule has 0 aliphatic rings. The lowest BCUT2D eigenvalue weighted by molar-refractivity contribution is 0.0600. The Balaban J connectivity index is 2.87. The second-order valence-electron chi connectivity index (χ2n) is 5.44. The minimum atomic E-state index is -4.08. The summed E-state index contributed by atoms with van der Waals surface area (Å²) < 4.78 is 35.3. The largest absolute Gasteiger partial charge is 0.465 e. The van der Waals surface area contributed by atoms with Crippen LogP contribution in [-0.2, 0) is 21.3 Å². The fraction of sp³-hybridized carbons (Fsp3) is 0.312. The summed E-state index contributed by atoms with van der Waals surface area (Å²) >= 11 is 0. The number of methoxy groups -OCH3 is 1. The standard InChI is InChI=1S/C16H18N4O4S/c1-6-7-20-11(2)18-13-8-12(16(21)24-5)9-14(15(13)20)25(22,23)17-10-19(3)4/h1,8-10H,7H2,2-5H3/b17-10+. The van der Waals surface area contributed by atoms with Crippen LogP contribution in [0.1, 0.15) is 16.2 Å². The van der Waals surface area contributed by atoms with Crippen LogP contribution in [0.15, 0.2) is 21.4 Å². The van der Waals surface area contributed by atoms with Gasteiger partial charge in [0.15, 0.2) is 0 Å². The van der Waals surface area contributed by atoms with Crippen molar-refractivity contribution in [1.29, 1.82) is 0 Å². The molecule has 0 unspecified atom stereocenters. The first kappa shape index (κ1) is 18.5. The van der Waals surface area contributed by atoms with E-state index in [0.29, 0.717) is 16.9 Å². The number of terminal acetylenes is 1. The first-order chi connectivity index (χ1) is 11.7. The zero-order valence-electron chi connectivity index (χ0n) is 14.3. The fourth-order valence-electron chi connectivity index (χ4n) is 2.28. The number of fused-ring (bicyclic) bond motifs is 1. The van der Waals surface area contributed by atoms with Crippen molar-refractivity contribution >= 4 is 33.4 Å². The van der Waals surface area contributed by atoms with E-state index < -0.39 is 16.0 Å². The highest BCUT2D eigenvalue weighted by Crippen LogP contribution is 2.28. The number of nitrogens with zero attached hydrogens (tertiary/aromatic N) is 4. The van der Waals surface area contributed by atoms with Crippen molar-refractivity contribution in [2.45, 2.75) is 18.4 Å². The Kier molecular flexibility index (Phi) is 5.13. The van der Waals surface area contributed by atoms with E-state index in [1.54, 1.807) is 25.6 Å². The first-order valence-corrected chi connectivity index (χ1v) is 8.65. The van der Waals surface area contributed by atoms with Crippen molar-refractivity contribution in [3.8, 4) is 12.3 Å². The number of esters is 1. The molecule has 9 heteroatoms. The zero-order chi connectivity index (χ0) is 18.8. The SMILES string of the molecule is C#CCn1c(C)nc2cc(C(=O)OC)cc(S(=O)(=O)/N=C/N(C)C)c21. The number of ether oxygens (including phenoxy) is 1. The molecule has 0 fully saturated rings. The van der Waals surface area contributed by atoms with Gasteiger partial charge in [-0.05, 0) is 19.1 Å².